The van der Waals surface area contributed by atoms with Crippen molar-refractivity contribution in [2.24, 2.45) is 0 Å². The van der Waals surface area contributed by atoms with Crippen molar-refractivity contribution < 1.29 is 23.3 Å². The van der Waals surface area contributed by atoms with Crippen LogP contribution in [-0.4, -0.2) is 28.4 Å². The van der Waals surface area contributed by atoms with Gasteiger partial charge in [0.15, 0.2) is 0 Å². The van der Waals surface area contributed by atoms with Crippen LogP contribution in [0.5, 0.6) is 0 Å². The zero-order chi connectivity index (χ0) is 24.6. The summed E-state index contributed by atoms with van der Waals surface area (Å²) in [5.74, 6) is 0.193. The van der Waals surface area contributed by atoms with Crippen LogP contribution in [0, 0.1) is 6.92 Å². The van der Waals surface area contributed by atoms with E-state index in [1.54, 1.807) is 13.8 Å². The fourth-order valence-electron chi connectivity index (χ4n) is 4.07. The highest BCUT2D eigenvalue weighted by Crippen LogP contribution is 2.44. The molecule has 0 saturated carbocycles. The molecule has 1 unspecified atom stereocenters. The summed E-state index contributed by atoms with van der Waals surface area (Å²) in [4.78, 5) is 27.2. The first-order valence-corrected chi connectivity index (χ1v) is 13.4. The number of phosphoric acid groups is 1. The summed E-state index contributed by atoms with van der Waals surface area (Å²) >= 11 is 0. The number of hydrogen-bond acceptors (Lipinski definition) is 5. The van der Waals surface area contributed by atoms with Gasteiger partial charge in [-0.3, -0.25) is 18.8 Å². The Balaban J connectivity index is 1.56. The third-order valence-corrected chi connectivity index (χ3v) is 6.78. The standard InChI is InChI=1S/C27H34NO5P/c1-20(2)33-34(30,31)32-18-12-5-4-9-15-23(29)19-25-21(3)28-26-17-11-10-16-24(26)27(25)22-13-7-6-8-14-22/h6-8,10-11,13-14,16-17,20H,4-5,9,12,15,18-19H2,1-3H3,(H,30,31). The van der Waals surface area contributed by atoms with Gasteiger partial charge in [-0.15, -0.1) is 0 Å². The van der Waals surface area contributed by atoms with E-state index in [-0.39, 0.29) is 18.5 Å². The number of aryl methyl sites for hydroxylation is 1. The third-order valence-electron chi connectivity index (χ3n) is 5.58. The number of para-hydroxylation sites is 1. The summed E-state index contributed by atoms with van der Waals surface area (Å²) in [6.07, 6.45) is 3.58. The molecule has 2 aromatic carbocycles. The van der Waals surface area contributed by atoms with E-state index in [0.29, 0.717) is 19.3 Å². The van der Waals surface area contributed by atoms with E-state index in [2.05, 4.69) is 18.2 Å². The van der Waals surface area contributed by atoms with Crippen molar-refractivity contribution in [1.29, 1.82) is 0 Å². The van der Waals surface area contributed by atoms with Gasteiger partial charge in [0.05, 0.1) is 18.2 Å². The second-order valence-corrected chi connectivity index (χ2v) is 10.2. The summed E-state index contributed by atoms with van der Waals surface area (Å²) in [7, 11) is -3.97. The summed E-state index contributed by atoms with van der Waals surface area (Å²) in [5.41, 5.74) is 5.00. The molecule has 1 aromatic heterocycles. The van der Waals surface area contributed by atoms with Crippen LogP contribution in [0.1, 0.15) is 57.2 Å². The van der Waals surface area contributed by atoms with Gasteiger partial charge in [-0.25, -0.2) is 4.57 Å². The van der Waals surface area contributed by atoms with E-state index in [0.717, 1.165) is 52.5 Å². The number of unbranched alkanes of at least 4 members (excludes halogenated alkanes) is 3. The average Bonchev–Trinajstić information content (AvgIpc) is 2.78. The molecule has 0 saturated heterocycles. The fourth-order valence-corrected chi connectivity index (χ4v) is 5.02. The van der Waals surface area contributed by atoms with Gasteiger partial charge >= 0.3 is 7.82 Å². The lowest BCUT2D eigenvalue weighted by Gasteiger charge is -2.16. The van der Waals surface area contributed by atoms with Gasteiger partial charge in [0.1, 0.15) is 5.78 Å². The number of aromatic nitrogens is 1. The Morgan fingerprint density at radius 3 is 2.41 bits per heavy atom. The maximum absolute atomic E-state index is 12.9. The molecule has 0 radical (unpaired) electrons. The lowest BCUT2D eigenvalue weighted by Crippen LogP contribution is -2.08. The molecule has 0 aliphatic carbocycles. The number of Topliss-reactive ketones (excluding diaryl/α,β-unsaturated/α-hetero) is 1. The van der Waals surface area contributed by atoms with Gasteiger partial charge in [-0.05, 0) is 56.4 Å². The molecule has 7 heteroatoms. The van der Waals surface area contributed by atoms with Gasteiger partial charge in [0.25, 0.3) is 0 Å². The lowest BCUT2D eigenvalue weighted by molar-refractivity contribution is -0.118. The number of benzene rings is 2. The van der Waals surface area contributed by atoms with Gasteiger partial charge in [0, 0.05) is 23.9 Å². The normalized spacial score (nSPS) is 13.3. The molecular formula is C27H34NO5P. The first-order chi connectivity index (χ1) is 16.3. The maximum Gasteiger partial charge on any atom is 0.472 e. The minimum absolute atomic E-state index is 0.164. The first-order valence-electron chi connectivity index (χ1n) is 11.9. The highest BCUT2D eigenvalue weighted by atomic mass is 31.2. The van der Waals surface area contributed by atoms with Gasteiger partial charge < -0.3 is 4.89 Å². The zero-order valence-electron chi connectivity index (χ0n) is 20.2. The summed E-state index contributed by atoms with van der Waals surface area (Å²) in [6, 6.07) is 18.2. The number of pyridine rings is 1. The number of phosphoric ester groups is 1. The second kappa shape index (κ2) is 12.4. The molecule has 0 fully saturated rings. The molecule has 1 atom stereocenters. The second-order valence-electron chi connectivity index (χ2n) is 8.77. The van der Waals surface area contributed by atoms with E-state index in [4.69, 9.17) is 14.0 Å². The number of carbonyl (C=O) groups is 1. The first kappa shape index (κ1) is 26.2. The largest absolute Gasteiger partial charge is 0.472 e. The predicted molar refractivity (Wildman–Crippen MR) is 136 cm³/mol. The average molecular weight is 484 g/mol. The molecule has 0 spiro atoms. The van der Waals surface area contributed by atoms with Crippen molar-refractivity contribution in [3.05, 3.63) is 65.9 Å². The van der Waals surface area contributed by atoms with Crippen LogP contribution in [0.15, 0.2) is 54.6 Å². The number of nitrogens with zero attached hydrogens (tertiary/aromatic N) is 1. The Kier molecular flexibility index (Phi) is 9.54. The smallest absolute Gasteiger partial charge is 0.302 e. The maximum atomic E-state index is 12.9. The van der Waals surface area contributed by atoms with Crippen LogP contribution >= 0.6 is 7.82 Å². The molecule has 34 heavy (non-hydrogen) atoms. The topological polar surface area (TPSA) is 85.7 Å². The highest BCUT2D eigenvalue weighted by molar-refractivity contribution is 7.47. The van der Waals surface area contributed by atoms with Gasteiger partial charge in [-0.1, -0.05) is 61.4 Å². The lowest BCUT2D eigenvalue weighted by atomic mass is 9.91. The predicted octanol–water partition coefficient (Wildman–Crippen LogP) is 6.81. The Hall–Kier alpha value is -2.37. The molecule has 3 aromatic rings. The monoisotopic (exact) mass is 483 g/mol. The highest BCUT2D eigenvalue weighted by Gasteiger charge is 2.22. The quantitative estimate of drug-likeness (QED) is 0.212. The van der Waals surface area contributed by atoms with E-state index in [1.165, 1.54) is 0 Å². The van der Waals surface area contributed by atoms with Crippen molar-refractivity contribution in [3.63, 3.8) is 0 Å². The summed E-state index contributed by atoms with van der Waals surface area (Å²) < 4.78 is 21.5. The van der Waals surface area contributed by atoms with Crippen LogP contribution < -0.4 is 0 Å². The number of carbonyl (C=O) groups excluding carboxylic acids is 1. The van der Waals surface area contributed by atoms with E-state index in [1.807, 2.05) is 43.3 Å². The van der Waals surface area contributed by atoms with Crippen LogP contribution in [0.3, 0.4) is 0 Å². The third kappa shape index (κ3) is 7.57. The fraction of sp³-hybridized carbons (Fsp3) is 0.407. The minimum atomic E-state index is -3.97. The molecule has 0 amide bonds. The Morgan fingerprint density at radius 1 is 1.00 bits per heavy atom. The van der Waals surface area contributed by atoms with Gasteiger partial charge in [0.2, 0.25) is 0 Å². The summed E-state index contributed by atoms with van der Waals surface area (Å²) in [6.45, 7) is 5.50. The molecule has 1 heterocycles. The Morgan fingerprint density at radius 2 is 1.68 bits per heavy atom. The molecule has 3 rings (SSSR count). The molecule has 0 bridgehead atoms. The van der Waals surface area contributed by atoms with Crippen molar-refractivity contribution >= 4 is 24.5 Å². The minimum Gasteiger partial charge on any atom is -0.302 e. The van der Waals surface area contributed by atoms with Crippen molar-refractivity contribution in [1.82, 2.24) is 4.98 Å². The van der Waals surface area contributed by atoms with Gasteiger partial charge in [-0.2, -0.15) is 0 Å². The van der Waals surface area contributed by atoms with E-state index >= 15 is 0 Å². The molecule has 0 aliphatic heterocycles. The number of fused-ring (bicyclic) bond motifs is 1. The van der Waals surface area contributed by atoms with Crippen molar-refractivity contribution in [2.45, 2.75) is 65.4 Å². The Bertz CT molecular complexity index is 1150. The van der Waals surface area contributed by atoms with Crippen LogP contribution in [0.25, 0.3) is 22.0 Å². The van der Waals surface area contributed by atoms with Crippen molar-refractivity contribution in [2.75, 3.05) is 6.61 Å². The number of rotatable bonds is 13. The van der Waals surface area contributed by atoms with E-state index in [9.17, 15) is 14.3 Å². The SMILES string of the molecule is Cc1nc2ccccc2c(-c2ccccc2)c1CC(=O)CCCCCCOP(=O)(O)OC(C)C. The zero-order valence-corrected chi connectivity index (χ0v) is 21.1. The van der Waals surface area contributed by atoms with Crippen LogP contribution in [0.2, 0.25) is 0 Å². The Labute approximate surface area is 202 Å². The number of hydrogen-bond donors (Lipinski definition) is 1. The van der Waals surface area contributed by atoms with Crippen LogP contribution in [0.4, 0.5) is 0 Å². The molecule has 6 nitrogen and oxygen atoms in total. The van der Waals surface area contributed by atoms with E-state index < -0.39 is 7.82 Å². The van der Waals surface area contributed by atoms with Crippen molar-refractivity contribution in [3.8, 4) is 11.1 Å². The number of ketones is 1. The molecule has 182 valence electrons. The summed E-state index contributed by atoms with van der Waals surface area (Å²) in [5, 5.41) is 1.06. The van der Waals surface area contributed by atoms with Crippen LogP contribution in [-0.2, 0) is 24.8 Å². The molecule has 1 N–H and O–H groups in total. The molecular weight excluding hydrogens is 449 g/mol. The molecule has 0 aliphatic rings.